The van der Waals surface area contributed by atoms with E-state index in [1.165, 1.54) is 16.4 Å². The molecule has 3 nitrogen and oxygen atoms in total. The molecular formula is C10H13BrFNO2S. The Balaban J connectivity index is 3.04. The van der Waals surface area contributed by atoms with Crippen LogP contribution in [0.1, 0.15) is 6.92 Å². The molecular weight excluding hydrogens is 297 g/mol. The van der Waals surface area contributed by atoms with Gasteiger partial charge in [0, 0.05) is 18.4 Å². The fourth-order valence-electron chi connectivity index (χ4n) is 1.30. The molecule has 0 fully saturated rings. The molecule has 0 saturated carbocycles. The first kappa shape index (κ1) is 13.6. The Hall–Kier alpha value is -0.460. The molecule has 6 heteroatoms. The third-order valence-corrected chi connectivity index (χ3v) is 4.48. The van der Waals surface area contributed by atoms with Crippen molar-refractivity contribution in [1.29, 1.82) is 0 Å². The van der Waals surface area contributed by atoms with Gasteiger partial charge < -0.3 is 0 Å². The maximum Gasteiger partial charge on any atom is 0.243 e. The molecule has 90 valence electrons. The van der Waals surface area contributed by atoms with Crippen LogP contribution < -0.4 is 0 Å². The SMILES string of the molecule is CCN(CCBr)S(=O)(=O)c1ccc(F)cc1. The highest BCUT2D eigenvalue weighted by Crippen LogP contribution is 2.15. The summed E-state index contributed by atoms with van der Waals surface area (Å²) in [6.45, 7) is 2.56. The zero-order valence-electron chi connectivity index (χ0n) is 8.86. The molecule has 0 aliphatic heterocycles. The zero-order valence-corrected chi connectivity index (χ0v) is 11.3. The number of halogens is 2. The van der Waals surface area contributed by atoms with Crippen molar-refractivity contribution in [3.05, 3.63) is 30.1 Å². The summed E-state index contributed by atoms with van der Waals surface area (Å²) in [4.78, 5) is 0.122. The van der Waals surface area contributed by atoms with Gasteiger partial charge >= 0.3 is 0 Å². The van der Waals surface area contributed by atoms with Crippen molar-refractivity contribution in [3.8, 4) is 0 Å². The van der Waals surface area contributed by atoms with Gasteiger partial charge in [0.15, 0.2) is 0 Å². The molecule has 0 unspecified atom stereocenters. The Morgan fingerprint density at radius 3 is 2.31 bits per heavy atom. The monoisotopic (exact) mass is 309 g/mol. The summed E-state index contributed by atoms with van der Waals surface area (Å²) in [7, 11) is -3.49. The van der Waals surface area contributed by atoms with Crippen LogP contribution in [-0.2, 0) is 10.0 Å². The third kappa shape index (κ3) is 3.02. The highest BCUT2D eigenvalue weighted by atomic mass is 79.9. The average Bonchev–Trinajstić information content (AvgIpc) is 2.26. The van der Waals surface area contributed by atoms with Gasteiger partial charge in [-0.05, 0) is 24.3 Å². The van der Waals surface area contributed by atoms with Crippen molar-refractivity contribution < 1.29 is 12.8 Å². The fraction of sp³-hybridized carbons (Fsp3) is 0.400. The first-order chi connectivity index (χ1) is 7.52. The third-order valence-electron chi connectivity index (χ3n) is 2.14. The van der Waals surface area contributed by atoms with Crippen LogP contribution in [0.15, 0.2) is 29.2 Å². The van der Waals surface area contributed by atoms with Gasteiger partial charge in [-0.1, -0.05) is 22.9 Å². The number of hydrogen-bond acceptors (Lipinski definition) is 2. The summed E-state index contributed by atoms with van der Waals surface area (Å²) >= 11 is 3.20. The van der Waals surface area contributed by atoms with E-state index in [1.807, 2.05) is 0 Å². The Kier molecular flexibility index (Phi) is 4.89. The van der Waals surface area contributed by atoms with Gasteiger partial charge in [0.2, 0.25) is 10.0 Å². The van der Waals surface area contributed by atoms with E-state index < -0.39 is 15.8 Å². The van der Waals surface area contributed by atoms with Crippen LogP contribution in [0.4, 0.5) is 4.39 Å². The number of hydrogen-bond donors (Lipinski definition) is 0. The lowest BCUT2D eigenvalue weighted by molar-refractivity contribution is 0.448. The molecule has 0 amide bonds. The average molecular weight is 310 g/mol. The van der Waals surface area contributed by atoms with E-state index in [9.17, 15) is 12.8 Å². The van der Waals surface area contributed by atoms with Crippen molar-refractivity contribution in [2.24, 2.45) is 0 Å². The predicted octanol–water partition coefficient (Wildman–Crippen LogP) is 2.23. The second-order valence-corrected chi connectivity index (χ2v) is 5.87. The van der Waals surface area contributed by atoms with Crippen LogP contribution in [0.2, 0.25) is 0 Å². The van der Waals surface area contributed by atoms with E-state index in [2.05, 4.69) is 15.9 Å². The van der Waals surface area contributed by atoms with Gasteiger partial charge in [-0.2, -0.15) is 4.31 Å². The molecule has 1 rings (SSSR count). The molecule has 16 heavy (non-hydrogen) atoms. The fourth-order valence-corrected chi connectivity index (χ4v) is 3.41. The van der Waals surface area contributed by atoms with E-state index in [-0.39, 0.29) is 4.90 Å². The molecule has 0 aliphatic carbocycles. The Labute approximate surface area is 103 Å². The van der Waals surface area contributed by atoms with Crippen molar-refractivity contribution in [2.75, 3.05) is 18.4 Å². The van der Waals surface area contributed by atoms with Crippen molar-refractivity contribution in [1.82, 2.24) is 4.31 Å². The van der Waals surface area contributed by atoms with Gasteiger partial charge in [-0.3, -0.25) is 0 Å². The number of sulfonamides is 1. The zero-order chi connectivity index (χ0) is 12.2. The van der Waals surface area contributed by atoms with E-state index in [0.717, 1.165) is 12.1 Å². The molecule has 1 aromatic carbocycles. The van der Waals surface area contributed by atoms with Crippen LogP contribution in [0.5, 0.6) is 0 Å². The summed E-state index contributed by atoms with van der Waals surface area (Å²) in [6.07, 6.45) is 0. The van der Waals surface area contributed by atoms with Crippen LogP contribution in [-0.4, -0.2) is 31.1 Å². The number of rotatable bonds is 5. The molecule has 0 N–H and O–H groups in total. The topological polar surface area (TPSA) is 37.4 Å². The molecule has 0 radical (unpaired) electrons. The van der Waals surface area contributed by atoms with E-state index in [1.54, 1.807) is 6.92 Å². The maximum atomic E-state index is 12.7. The molecule has 1 aromatic rings. The Morgan fingerprint density at radius 1 is 1.31 bits per heavy atom. The first-order valence-electron chi connectivity index (χ1n) is 4.84. The van der Waals surface area contributed by atoms with Crippen LogP contribution in [0.25, 0.3) is 0 Å². The van der Waals surface area contributed by atoms with E-state index >= 15 is 0 Å². The summed E-state index contributed by atoms with van der Waals surface area (Å²) < 4.78 is 38.1. The van der Waals surface area contributed by atoms with Crippen molar-refractivity contribution in [3.63, 3.8) is 0 Å². The quantitative estimate of drug-likeness (QED) is 0.782. The highest BCUT2D eigenvalue weighted by molar-refractivity contribution is 9.09. The molecule has 0 aliphatic rings. The second-order valence-electron chi connectivity index (χ2n) is 3.14. The maximum absolute atomic E-state index is 12.7. The molecule has 0 atom stereocenters. The minimum atomic E-state index is -3.49. The molecule has 0 spiro atoms. The number of nitrogens with zero attached hydrogens (tertiary/aromatic N) is 1. The normalized spacial score (nSPS) is 12.0. The Bertz CT molecular complexity index is 433. The van der Waals surface area contributed by atoms with Gasteiger partial charge in [-0.25, -0.2) is 12.8 Å². The minimum Gasteiger partial charge on any atom is -0.207 e. The molecule has 0 heterocycles. The number of alkyl halides is 1. The Morgan fingerprint density at radius 2 is 1.88 bits per heavy atom. The second kappa shape index (κ2) is 5.75. The summed E-state index contributed by atoms with van der Waals surface area (Å²) in [6, 6.07) is 4.85. The van der Waals surface area contributed by atoms with Gasteiger partial charge in [-0.15, -0.1) is 0 Å². The summed E-state index contributed by atoms with van der Waals surface area (Å²) in [5.74, 6) is -0.442. The highest BCUT2D eigenvalue weighted by Gasteiger charge is 2.21. The van der Waals surface area contributed by atoms with E-state index in [4.69, 9.17) is 0 Å². The van der Waals surface area contributed by atoms with E-state index in [0.29, 0.717) is 18.4 Å². The largest absolute Gasteiger partial charge is 0.243 e. The molecule has 0 aromatic heterocycles. The van der Waals surface area contributed by atoms with Crippen LogP contribution >= 0.6 is 15.9 Å². The van der Waals surface area contributed by atoms with Gasteiger partial charge in [0.1, 0.15) is 5.82 Å². The van der Waals surface area contributed by atoms with Crippen molar-refractivity contribution in [2.45, 2.75) is 11.8 Å². The smallest absolute Gasteiger partial charge is 0.207 e. The van der Waals surface area contributed by atoms with Gasteiger partial charge in [0.05, 0.1) is 4.90 Å². The lowest BCUT2D eigenvalue weighted by atomic mass is 10.4. The first-order valence-corrected chi connectivity index (χ1v) is 7.40. The molecule has 0 saturated heterocycles. The van der Waals surface area contributed by atoms with Gasteiger partial charge in [0.25, 0.3) is 0 Å². The van der Waals surface area contributed by atoms with Crippen LogP contribution in [0, 0.1) is 5.82 Å². The lowest BCUT2D eigenvalue weighted by Gasteiger charge is -2.19. The van der Waals surface area contributed by atoms with Crippen molar-refractivity contribution >= 4 is 26.0 Å². The standard InChI is InChI=1S/C10H13BrFNO2S/c1-2-13(8-7-11)16(14,15)10-5-3-9(12)4-6-10/h3-6H,2,7-8H2,1H3. The minimum absolute atomic E-state index is 0.122. The number of benzene rings is 1. The molecule has 0 bridgehead atoms. The summed E-state index contributed by atoms with van der Waals surface area (Å²) in [5, 5.41) is 0.571. The summed E-state index contributed by atoms with van der Waals surface area (Å²) in [5.41, 5.74) is 0. The van der Waals surface area contributed by atoms with Crippen LogP contribution in [0.3, 0.4) is 0 Å². The lowest BCUT2D eigenvalue weighted by Crippen LogP contribution is -2.32. The predicted molar refractivity (Wildman–Crippen MR) is 64.6 cm³/mol.